The quantitative estimate of drug-likeness (QED) is 0.817. The topological polar surface area (TPSA) is 74.7 Å². The summed E-state index contributed by atoms with van der Waals surface area (Å²) in [6, 6.07) is 11.6. The van der Waals surface area contributed by atoms with Gasteiger partial charge in [0.25, 0.3) is 0 Å². The number of carbonyl (C=O) groups is 1. The highest BCUT2D eigenvalue weighted by atomic mass is 19.1. The van der Waals surface area contributed by atoms with Crippen LogP contribution in [0.25, 0.3) is 0 Å². The maximum absolute atomic E-state index is 13.4. The summed E-state index contributed by atoms with van der Waals surface area (Å²) in [4.78, 5) is 18.2. The summed E-state index contributed by atoms with van der Waals surface area (Å²) in [6.45, 7) is 1.33. The van der Waals surface area contributed by atoms with E-state index in [1.54, 1.807) is 36.5 Å². The average Bonchev–Trinajstić information content (AvgIpc) is 2.63. The summed E-state index contributed by atoms with van der Waals surface area (Å²) >= 11 is 0. The SMILES string of the molecule is O=C(CN1CCOC(CO)(Cc2cccc(F)c2)C1)Nc1ccccn1. The molecule has 0 spiro atoms. The molecule has 0 saturated carbocycles. The first-order valence-corrected chi connectivity index (χ1v) is 8.51. The molecule has 6 nitrogen and oxygen atoms in total. The molecule has 1 aromatic heterocycles. The van der Waals surface area contributed by atoms with Crippen LogP contribution in [0.1, 0.15) is 5.56 Å². The summed E-state index contributed by atoms with van der Waals surface area (Å²) in [5, 5.41) is 12.7. The van der Waals surface area contributed by atoms with Gasteiger partial charge in [-0.1, -0.05) is 18.2 Å². The van der Waals surface area contributed by atoms with Crippen LogP contribution in [0.15, 0.2) is 48.7 Å². The van der Waals surface area contributed by atoms with Crippen LogP contribution in [0.2, 0.25) is 0 Å². The van der Waals surface area contributed by atoms with Crippen molar-refractivity contribution in [2.45, 2.75) is 12.0 Å². The number of aliphatic hydroxyl groups is 1. The van der Waals surface area contributed by atoms with Crippen molar-refractivity contribution in [3.05, 3.63) is 60.0 Å². The van der Waals surface area contributed by atoms with Crippen molar-refractivity contribution < 1.29 is 19.0 Å². The molecule has 3 rings (SSSR count). The van der Waals surface area contributed by atoms with Gasteiger partial charge in [-0.2, -0.15) is 0 Å². The lowest BCUT2D eigenvalue weighted by Gasteiger charge is -2.41. The Kier molecular flexibility index (Phi) is 5.92. The van der Waals surface area contributed by atoms with Gasteiger partial charge in [0.15, 0.2) is 0 Å². The fraction of sp³-hybridized carbons (Fsp3) is 0.368. The molecule has 0 bridgehead atoms. The highest BCUT2D eigenvalue weighted by Gasteiger charge is 2.37. The van der Waals surface area contributed by atoms with Crippen LogP contribution in [0.3, 0.4) is 0 Å². The number of amides is 1. The third-order valence-corrected chi connectivity index (χ3v) is 4.33. The van der Waals surface area contributed by atoms with Gasteiger partial charge in [0, 0.05) is 25.7 Å². The van der Waals surface area contributed by atoms with Crippen molar-refractivity contribution in [3.8, 4) is 0 Å². The summed E-state index contributed by atoms with van der Waals surface area (Å²) in [5.74, 6) is 0.000122. The third kappa shape index (κ3) is 4.85. The number of carbonyl (C=O) groups excluding carboxylic acids is 1. The first-order chi connectivity index (χ1) is 12.6. The van der Waals surface area contributed by atoms with E-state index in [-0.39, 0.29) is 24.9 Å². The number of halogens is 1. The van der Waals surface area contributed by atoms with E-state index < -0.39 is 5.60 Å². The smallest absolute Gasteiger partial charge is 0.239 e. The number of pyridine rings is 1. The molecule has 1 unspecified atom stereocenters. The van der Waals surface area contributed by atoms with E-state index in [2.05, 4.69) is 10.3 Å². The van der Waals surface area contributed by atoms with Crippen molar-refractivity contribution in [1.29, 1.82) is 0 Å². The summed E-state index contributed by atoms with van der Waals surface area (Å²) in [5.41, 5.74) is -0.101. The lowest BCUT2D eigenvalue weighted by Crippen LogP contribution is -2.56. The molecule has 138 valence electrons. The van der Waals surface area contributed by atoms with Gasteiger partial charge in [-0.3, -0.25) is 9.69 Å². The number of ether oxygens (including phenoxy) is 1. The van der Waals surface area contributed by atoms with Crippen LogP contribution in [0.4, 0.5) is 10.2 Å². The monoisotopic (exact) mass is 359 g/mol. The number of nitrogens with one attached hydrogen (secondary N) is 1. The Morgan fingerprint density at radius 1 is 1.35 bits per heavy atom. The zero-order chi connectivity index (χ0) is 18.4. The van der Waals surface area contributed by atoms with Crippen LogP contribution in [-0.4, -0.2) is 59.3 Å². The highest BCUT2D eigenvalue weighted by Crippen LogP contribution is 2.23. The molecule has 7 heteroatoms. The van der Waals surface area contributed by atoms with Crippen LogP contribution in [-0.2, 0) is 16.0 Å². The Labute approximate surface area is 151 Å². The van der Waals surface area contributed by atoms with Crippen molar-refractivity contribution in [3.63, 3.8) is 0 Å². The van der Waals surface area contributed by atoms with Gasteiger partial charge in [-0.05, 0) is 29.8 Å². The lowest BCUT2D eigenvalue weighted by molar-refractivity contribution is -0.138. The predicted octanol–water partition coefficient (Wildman–Crippen LogP) is 1.47. The van der Waals surface area contributed by atoms with Gasteiger partial charge in [0.2, 0.25) is 5.91 Å². The number of hydrogen-bond donors (Lipinski definition) is 2. The minimum absolute atomic E-state index is 0.171. The van der Waals surface area contributed by atoms with Gasteiger partial charge in [0.05, 0.1) is 19.8 Å². The fourth-order valence-electron chi connectivity index (χ4n) is 3.16. The number of aliphatic hydroxyl groups excluding tert-OH is 1. The zero-order valence-electron chi connectivity index (χ0n) is 14.4. The maximum atomic E-state index is 13.4. The van der Waals surface area contributed by atoms with Crippen molar-refractivity contribution >= 4 is 11.7 Å². The van der Waals surface area contributed by atoms with E-state index in [1.165, 1.54) is 12.1 Å². The van der Waals surface area contributed by atoms with Gasteiger partial charge in [-0.25, -0.2) is 9.37 Å². The lowest BCUT2D eigenvalue weighted by atomic mass is 9.93. The van der Waals surface area contributed by atoms with Crippen molar-refractivity contribution in [2.75, 3.05) is 38.2 Å². The number of anilines is 1. The van der Waals surface area contributed by atoms with Gasteiger partial charge in [0.1, 0.15) is 17.2 Å². The Morgan fingerprint density at radius 3 is 2.96 bits per heavy atom. The summed E-state index contributed by atoms with van der Waals surface area (Å²) < 4.78 is 19.3. The first-order valence-electron chi connectivity index (χ1n) is 8.51. The number of nitrogens with zero attached hydrogens (tertiary/aromatic N) is 2. The number of hydrogen-bond acceptors (Lipinski definition) is 5. The Balaban J connectivity index is 1.62. The molecule has 1 atom stereocenters. The molecule has 2 heterocycles. The van der Waals surface area contributed by atoms with Crippen molar-refractivity contribution in [1.82, 2.24) is 9.88 Å². The minimum Gasteiger partial charge on any atom is -0.393 e. The van der Waals surface area contributed by atoms with Gasteiger partial charge < -0.3 is 15.2 Å². The number of benzene rings is 1. The second-order valence-corrected chi connectivity index (χ2v) is 6.47. The molecule has 0 radical (unpaired) electrons. The molecular formula is C19H22FN3O3. The van der Waals surface area contributed by atoms with Gasteiger partial charge in [-0.15, -0.1) is 0 Å². The van der Waals surface area contributed by atoms with Crippen LogP contribution < -0.4 is 5.32 Å². The van der Waals surface area contributed by atoms with E-state index in [1.807, 2.05) is 4.90 Å². The number of morpholine rings is 1. The van der Waals surface area contributed by atoms with E-state index in [0.717, 1.165) is 5.56 Å². The largest absolute Gasteiger partial charge is 0.393 e. The van der Waals surface area contributed by atoms with Crippen LogP contribution >= 0.6 is 0 Å². The Bertz CT molecular complexity index is 744. The molecule has 2 aromatic rings. The van der Waals surface area contributed by atoms with E-state index in [0.29, 0.717) is 31.9 Å². The molecule has 26 heavy (non-hydrogen) atoms. The van der Waals surface area contributed by atoms with E-state index in [4.69, 9.17) is 4.74 Å². The Morgan fingerprint density at radius 2 is 2.23 bits per heavy atom. The average molecular weight is 359 g/mol. The first kappa shape index (κ1) is 18.4. The number of rotatable bonds is 6. The normalized spacial score (nSPS) is 20.7. The minimum atomic E-state index is -0.850. The standard InChI is InChI=1S/C19H22FN3O3/c20-16-5-3-4-15(10-16)11-19(14-24)13-23(8-9-26-19)12-18(25)22-17-6-1-2-7-21-17/h1-7,10,24H,8-9,11-14H2,(H,21,22,25). The highest BCUT2D eigenvalue weighted by molar-refractivity contribution is 5.91. The molecule has 1 aliphatic rings. The third-order valence-electron chi connectivity index (χ3n) is 4.33. The second-order valence-electron chi connectivity index (χ2n) is 6.47. The summed E-state index contributed by atoms with van der Waals surface area (Å²) in [7, 11) is 0. The zero-order valence-corrected chi connectivity index (χ0v) is 14.4. The predicted molar refractivity (Wildman–Crippen MR) is 95.2 cm³/mol. The molecule has 1 saturated heterocycles. The molecule has 1 amide bonds. The maximum Gasteiger partial charge on any atom is 0.239 e. The fourth-order valence-corrected chi connectivity index (χ4v) is 3.16. The molecular weight excluding hydrogens is 337 g/mol. The van der Waals surface area contributed by atoms with Crippen molar-refractivity contribution in [2.24, 2.45) is 0 Å². The molecule has 2 N–H and O–H groups in total. The summed E-state index contributed by atoms with van der Waals surface area (Å²) in [6.07, 6.45) is 1.99. The molecule has 1 fully saturated rings. The van der Waals surface area contributed by atoms with Crippen LogP contribution in [0.5, 0.6) is 0 Å². The second kappa shape index (κ2) is 8.35. The molecule has 0 aliphatic carbocycles. The van der Waals surface area contributed by atoms with Crippen LogP contribution in [0, 0.1) is 5.82 Å². The Hall–Kier alpha value is -2.35. The molecule has 1 aromatic carbocycles. The molecule has 1 aliphatic heterocycles. The van der Waals surface area contributed by atoms with E-state index >= 15 is 0 Å². The van der Waals surface area contributed by atoms with Gasteiger partial charge >= 0.3 is 0 Å². The number of aromatic nitrogens is 1. The van der Waals surface area contributed by atoms with E-state index in [9.17, 15) is 14.3 Å².